The Kier molecular flexibility index (Phi) is 7.18. The molecule has 3 N–H and O–H groups in total. The first-order chi connectivity index (χ1) is 9.11. The van der Waals surface area contributed by atoms with E-state index in [9.17, 15) is 9.00 Å². The van der Waals surface area contributed by atoms with Crippen molar-refractivity contribution in [2.75, 3.05) is 22.6 Å². The van der Waals surface area contributed by atoms with Crippen molar-refractivity contribution in [2.45, 2.75) is 32.6 Å². The van der Waals surface area contributed by atoms with E-state index >= 15 is 0 Å². The molecule has 0 spiro atoms. The van der Waals surface area contributed by atoms with Crippen molar-refractivity contribution in [3.8, 4) is 0 Å². The molecule has 1 amide bonds. The van der Waals surface area contributed by atoms with Crippen LogP contribution in [0.4, 0.5) is 11.4 Å². The minimum atomic E-state index is -0.885. The van der Waals surface area contributed by atoms with Crippen molar-refractivity contribution < 1.29 is 9.00 Å². The second-order valence-electron chi connectivity index (χ2n) is 4.48. The van der Waals surface area contributed by atoms with Crippen LogP contribution in [0.1, 0.15) is 32.6 Å². The van der Waals surface area contributed by atoms with E-state index in [4.69, 9.17) is 5.73 Å². The van der Waals surface area contributed by atoms with E-state index < -0.39 is 10.8 Å². The summed E-state index contributed by atoms with van der Waals surface area (Å²) in [6, 6.07) is 6.98. The van der Waals surface area contributed by atoms with E-state index in [-0.39, 0.29) is 5.91 Å². The van der Waals surface area contributed by atoms with Crippen LogP contribution in [0.2, 0.25) is 0 Å². The minimum Gasteiger partial charge on any atom is -0.399 e. The van der Waals surface area contributed by atoms with E-state index in [1.165, 1.54) is 0 Å². The van der Waals surface area contributed by atoms with Crippen molar-refractivity contribution >= 4 is 28.1 Å². The molecule has 1 aromatic rings. The molecule has 1 rings (SSSR count). The molecular weight excluding hydrogens is 260 g/mol. The predicted molar refractivity (Wildman–Crippen MR) is 81.5 cm³/mol. The van der Waals surface area contributed by atoms with Crippen LogP contribution < -0.4 is 11.1 Å². The first-order valence-electron chi connectivity index (χ1n) is 6.62. The van der Waals surface area contributed by atoms with Crippen molar-refractivity contribution in [1.82, 2.24) is 0 Å². The highest BCUT2D eigenvalue weighted by Gasteiger charge is 2.06. The van der Waals surface area contributed by atoms with Gasteiger partial charge in [0, 0.05) is 40.1 Å². The van der Waals surface area contributed by atoms with Crippen LogP contribution in [0.15, 0.2) is 24.3 Å². The molecule has 1 unspecified atom stereocenters. The second-order valence-corrected chi connectivity index (χ2v) is 6.17. The van der Waals surface area contributed by atoms with Crippen molar-refractivity contribution in [1.29, 1.82) is 0 Å². The van der Waals surface area contributed by atoms with Gasteiger partial charge in [0.05, 0.1) is 0 Å². The van der Waals surface area contributed by atoms with Gasteiger partial charge in [-0.05, 0) is 30.7 Å². The molecule has 0 aliphatic heterocycles. The first kappa shape index (κ1) is 15.7. The normalized spacial score (nSPS) is 12.1. The van der Waals surface area contributed by atoms with Crippen LogP contribution >= 0.6 is 0 Å². The maximum absolute atomic E-state index is 11.7. The van der Waals surface area contributed by atoms with Gasteiger partial charge in [-0.3, -0.25) is 9.00 Å². The summed E-state index contributed by atoms with van der Waals surface area (Å²) in [5.41, 5.74) is 6.94. The van der Waals surface area contributed by atoms with Crippen LogP contribution in [0.5, 0.6) is 0 Å². The molecule has 1 atom stereocenters. The Hall–Kier alpha value is -1.36. The molecule has 1 aromatic carbocycles. The van der Waals surface area contributed by atoms with Gasteiger partial charge < -0.3 is 11.1 Å². The lowest BCUT2D eigenvalue weighted by Gasteiger charge is -2.05. The zero-order chi connectivity index (χ0) is 14.1. The van der Waals surface area contributed by atoms with Gasteiger partial charge in [0.25, 0.3) is 0 Å². The standard InChI is InChI=1S/C14H22N2O2S/c1-2-3-4-10-19(18)11-9-14(17)16-13-7-5-12(15)6-8-13/h5-8H,2-4,9-11,15H2,1H3,(H,16,17). The molecular formula is C14H22N2O2S. The molecule has 0 bridgehead atoms. The van der Waals surface area contributed by atoms with Gasteiger partial charge in [0.1, 0.15) is 0 Å². The van der Waals surface area contributed by atoms with Gasteiger partial charge in [-0.2, -0.15) is 0 Å². The fraction of sp³-hybridized carbons (Fsp3) is 0.500. The van der Waals surface area contributed by atoms with E-state index in [0.717, 1.165) is 24.9 Å². The van der Waals surface area contributed by atoms with Crippen molar-refractivity contribution in [3.63, 3.8) is 0 Å². The molecule has 106 valence electrons. The number of amides is 1. The maximum Gasteiger partial charge on any atom is 0.225 e. The highest BCUT2D eigenvalue weighted by molar-refractivity contribution is 7.84. The molecule has 0 saturated carbocycles. The Morgan fingerprint density at radius 3 is 2.53 bits per heavy atom. The number of anilines is 2. The number of hydrogen-bond donors (Lipinski definition) is 2. The molecule has 0 aromatic heterocycles. The van der Waals surface area contributed by atoms with Crippen LogP contribution in [0.25, 0.3) is 0 Å². The van der Waals surface area contributed by atoms with Gasteiger partial charge in [-0.15, -0.1) is 0 Å². The third-order valence-corrected chi connectivity index (χ3v) is 4.13. The summed E-state index contributed by atoms with van der Waals surface area (Å²) in [6.07, 6.45) is 3.49. The zero-order valence-electron chi connectivity index (χ0n) is 11.4. The number of rotatable bonds is 8. The average Bonchev–Trinajstić information content (AvgIpc) is 2.39. The quantitative estimate of drug-likeness (QED) is 0.568. The third-order valence-electron chi connectivity index (χ3n) is 2.73. The Bertz CT molecular complexity index is 418. The van der Waals surface area contributed by atoms with Crippen LogP contribution in [-0.4, -0.2) is 21.6 Å². The lowest BCUT2D eigenvalue weighted by Crippen LogP contribution is -2.15. The summed E-state index contributed by atoms with van der Waals surface area (Å²) in [4.78, 5) is 11.7. The van der Waals surface area contributed by atoms with E-state index in [1.807, 2.05) is 0 Å². The molecule has 0 fully saturated rings. The van der Waals surface area contributed by atoms with E-state index in [1.54, 1.807) is 24.3 Å². The first-order valence-corrected chi connectivity index (χ1v) is 8.11. The Morgan fingerprint density at radius 1 is 1.21 bits per heavy atom. The lowest BCUT2D eigenvalue weighted by molar-refractivity contribution is -0.115. The van der Waals surface area contributed by atoms with E-state index in [0.29, 0.717) is 23.6 Å². The topological polar surface area (TPSA) is 72.2 Å². The predicted octanol–water partition coefficient (Wildman–Crippen LogP) is 2.54. The maximum atomic E-state index is 11.7. The number of hydrogen-bond acceptors (Lipinski definition) is 3. The SMILES string of the molecule is CCCCCS(=O)CCC(=O)Nc1ccc(N)cc1. The summed E-state index contributed by atoms with van der Waals surface area (Å²) in [5.74, 6) is 1.03. The van der Waals surface area contributed by atoms with Gasteiger partial charge in [-0.25, -0.2) is 0 Å². The number of nitrogen functional groups attached to an aromatic ring is 1. The number of nitrogens with one attached hydrogen (secondary N) is 1. The lowest BCUT2D eigenvalue weighted by atomic mass is 10.3. The summed E-state index contributed by atoms with van der Waals surface area (Å²) in [7, 11) is -0.885. The van der Waals surface area contributed by atoms with Gasteiger partial charge in [-0.1, -0.05) is 19.8 Å². The average molecular weight is 282 g/mol. The van der Waals surface area contributed by atoms with Gasteiger partial charge >= 0.3 is 0 Å². The Morgan fingerprint density at radius 2 is 1.89 bits per heavy atom. The van der Waals surface area contributed by atoms with Crippen LogP contribution in [-0.2, 0) is 15.6 Å². The van der Waals surface area contributed by atoms with Gasteiger partial charge in [0.2, 0.25) is 5.91 Å². The van der Waals surface area contributed by atoms with E-state index in [2.05, 4.69) is 12.2 Å². The highest BCUT2D eigenvalue weighted by atomic mass is 32.2. The number of nitrogens with two attached hydrogens (primary N) is 1. The molecule has 0 radical (unpaired) electrons. The number of carbonyl (C=O) groups excluding carboxylic acids is 1. The smallest absolute Gasteiger partial charge is 0.225 e. The summed E-state index contributed by atoms with van der Waals surface area (Å²) in [6.45, 7) is 2.11. The number of benzene rings is 1. The minimum absolute atomic E-state index is 0.103. The summed E-state index contributed by atoms with van der Waals surface area (Å²) >= 11 is 0. The molecule has 0 aliphatic carbocycles. The largest absolute Gasteiger partial charge is 0.399 e. The summed E-state index contributed by atoms with van der Waals surface area (Å²) < 4.78 is 11.6. The number of carbonyl (C=O) groups is 1. The zero-order valence-corrected chi connectivity index (χ0v) is 12.2. The van der Waals surface area contributed by atoms with Crippen molar-refractivity contribution in [3.05, 3.63) is 24.3 Å². The fourth-order valence-electron chi connectivity index (χ4n) is 1.61. The Balaban J connectivity index is 2.24. The van der Waals surface area contributed by atoms with Crippen LogP contribution in [0.3, 0.4) is 0 Å². The molecule has 0 saturated heterocycles. The molecule has 0 aliphatic rings. The van der Waals surface area contributed by atoms with Crippen molar-refractivity contribution in [2.24, 2.45) is 0 Å². The highest BCUT2D eigenvalue weighted by Crippen LogP contribution is 2.10. The molecule has 19 heavy (non-hydrogen) atoms. The third kappa shape index (κ3) is 6.96. The molecule has 5 heteroatoms. The van der Waals surface area contributed by atoms with Gasteiger partial charge in [0.15, 0.2) is 0 Å². The molecule has 4 nitrogen and oxygen atoms in total. The Labute approximate surface area is 117 Å². The molecule has 0 heterocycles. The fourth-order valence-corrected chi connectivity index (χ4v) is 2.75. The number of unbranched alkanes of at least 4 members (excludes halogenated alkanes) is 2. The second kappa shape index (κ2) is 8.69. The van der Waals surface area contributed by atoms with Crippen LogP contribution in [0, 0.1) is 0 Å². The summed E-state index contributed by atoms with van der Waals surface area (Å²) in [5, 5.41) is 2.76. The monoisotopic (exact) mass is 282 g/mol.